The Labute approximate surface area is 160 Å². The van der Waals surface area contributed by atoms with E-state index in [9.17, 15) is 9.59 Å². The van der Waals surface area contributed by atoms with E-state index in [0.29, 0.717) is 21.3 Å². The number of anilines is 1. The molecule has 1 aliphatic heterocycles. The number of halogens is 1. The van der Waals surface area contributed by atoms with Gasteiger partial charge in [-0.2, -0.15) is 0 Å². The van der Waals surface area contributed by atoms with Crippen molar-refractivity contribution in [2.24, 2.45) is 5.73 Å². The molecule has 0 aliphatic carbocycles. The Morgan fingerprint density at radius 2 is 2.08 bits per heavy atom. The Morgan fingerprint density at radius 3 is 2.73 bits per heavy atom. The summed E-state index contributed by atoms with van der Waals surface area (Å²) in [6.45, 7) is 4.83. The van der Waals surface area contributed by atoms with E-state index in [1.807, 2.05) is 0 Å². The summed E-state index contributed by atoms with van der Waals surface area (Å²) in [5.41, 5.74) is 7.00. The summed E-state index contributed by atoms with van der Waals surface area (Å²) in [5, 5.41) is 3.90. The largest absolute Gasteiger partial charge is 0.484 e. The van der Waals surface area contributed by atoms with Gasteiger partial charge >= 0.3 is 0 Å². The summed E-state index contributed by atoms with van der Waals surface area (Å²) in [6.07, 6.45) is 0.796. The molecule has 0 spiro atoms. The number of fused-ring (bicyclic) bond motifs is 1. The van der Waals surface area contributed by atoms with Gasteiger partial charge in [0, 0.05) is 11.4 Å². The highest BCUT2D eigenvalue weighted by Gasteiger charge is 2.29. The van der Waals surface area contributed by atoms with Gasteiger partial charge in [0.25, 0.3) is 11.8 Å². The minimum atomic E-state index is -0.503. The maximum absolute atomic E-state index is 12.2. The first-order valence-corrected chi connectivity index (χ1v) is 9.63. The maximum atomic E-state index is 12.2. The van der Waals surface area contributed by atoms with E-state index in [1.165, 1.54) is 16.2 Å². The molecule has 0 bridgehead atoms. The normalized spacial score (nSPS) is 16.0. The molecular formula is C18H21ClN3O3S+. The first kappa shape index (κ1) is 18.7. The molecule has 26 heavy (non-hydrogen) atoms. The third kappa shape index (κ3) is 4.17. The number of primary amides is 1. The molecule has 0 fully saturated rings. The summed E-state index contributed by atoms with van der Waals surface area (Å²) in [5.74, 6) is -0.288. The maximum Gasteiger partial charge on any atom is 0.262 e. The van der Waals surface area contributed by atoms with Gasteiger partial charge in [-0.3, -0.25) is 9.59 Å². The standard InChI is InChI=1S/C18H20ClN3O3S/c1-2-22-8-7-13-14(9-22)26-18(16(13)17(20)24)21-15(23)10-25-12-5-3-11(19)4-6-12/h3-6H,2,7-10H2,1H3,(H2,20,24)(H,21,23)/p+1. The fourth-order valence-electron chi connectivity index (χ4n) is 3.03. The van der Waals surface area contributed by atoms with E-state index in [-0.39, 0.29) is 12.5 Å². The van der Waals surface area contributed by atoms with E-state index in [2.05, 4.69) is 12.2 Å². The molecule has 2 heterocycles. The fraction of sp³-hybridized carbons (Fsp3) is 0.333. The highest BCUT2D eigenvalue weighted by atomic mass is 35.5. The molecular weight excluding hydrogens is 374 g/mol. The predicted molar refractivity (Wildman–Crippen MR) is 102 cm³/mol. The SMILES string of the molecule is CC[NH+]1CCc2c(sc(NC(=O)COc3ccc(Cl)cc3)c2C(N)=O)C1. The number of likely N-dealkylation sites (N-methyl/N-ethyl adjacent to an activating group) is 1. The van der Waals surface area contributed by atoms with Crippen molar-refractivity contribution in [3.05, 3.63) is 45.3 Å². The van der Waals surface area contributed by atoms with Gasteiger partial charge in [0.1, 0.15) is 17.3 Å². The minimum Gasteiger partial charge on any atom is -0.484 e. The molecule has 1 aromatic carbocycles. The number of hydrogen-bond donors (Lipinski definition) is 3. The number of nitrogens with two attached hydrogens (primary N) is 1. The second kappa shape index (κ2) is 8.07. The lowest BCUT2D eigenvalue weighted by Gasteiger charge is -2.22. The van der Waals surface area contributed by atoms with Crippen LogP contribution in [0.15, 0.2) is 24.3 Å². The van der Waals surface area contributed by atoms with Crippen molar-refractivity contribution in [3.63, 3.8) is 0 Å². The van der Waals surface area contributed by atoms with Crippen LogP contribution in [0.1, 0.15) is 27.7 Å². The van der Waals surface area contributed by atoms with Crippen molar-refractivity contribution in [3.8, 4) is 5.75 Å². The third-order valence-corrected chi connectivity index (χ3v) is 5.81. The molecule has 1 aliphatic rings. The van der Waals surface area contributed by atoms with Gasteiger partial charge in [-0.05, 0) is 36.8 Å². The van der Waals surface area contributed by atoms with Crippen LogP contribution >= 0.6 is 22.9 Å². The minimum absolute atomic E-state index is 0.158. The number of thiophene rings is 1. The zero-order valence-electron chi connectivity index (χ0n) is 14.4. The molecule has 8 heteroatoms. The number of rotatable bonds is 6. The molecule has 2 amide bonds. The van der Waals surface area contributed by atoms with Crippen molar-refractivity contribution < 1.29 is 19.2 Å². The average Bonchev–Trinajstić information content (AvgIpc) is 2.98. The Balaban J connectivity index is 1.70. The Morgan fingerprint density at radius 1 is 1.35 bits per heavy atom. The van der Waals surface area contributed by atoms with Crippen LogP contribution in [-0.2, 0) is 17.8 Å². The van der Waals surface area contributed by atoms with Crippen LogP contribution in [-0.4, -0.2) is 31.5 Å². The van der Waals surface area contributed by atoms with Gasteiger partial charge in [0.15, 0.2) is 6.61 Å². The zero-order valence-corrected chi connectivity index (χ0v) is 16.0. The number of carbonyl (C=O) groups excluding carboxylic acids is 2. The van der Waals surface area contributed by atoms with Gasteiger partial charge in [0.05, 0.1) is 23.5 Å². The number of carbonyl (C=O) groups is 2. The molecule has 0 saturated carbocycles. The molecule has 1 unspecified atom stereocenters. The molecule has 4 N–H and O–H groups in total. The first-order valence-electron chi connectivity index (χ1n) is 8.44. The average molecular weight is 395 g/mol. The Bertz CT molecular complexity index is 820. The number of benzene rings is 1. The highest BCUT2D eigenvalue weighted by molar-refractivity contribution is 7.17. The quantitative estimate of drug-likeness (QED) is 0.693. The van der Waals surface area contributed by atoms with E-state index in [1.54, 1.807) is 24.3 Å². The molecule has 1 atom stereocenters. The summed E-state index contributed by atoms with van der Waals surface area (Å²) < 4.78 is 5.45. The second-order valence-corrected chi connectivity index (χ2v) is 7.68. The van der Waals surface area contributed by atoms with Crippen LogP contribution < -0.4 is 20.7 Å². The third-order valence-electron chi connectivity index (χ3n) is 4.41. The van der Waals surface area contributed by atoms with E-state index >= 15 is 0 Å². The topological polar surface area (TPSA) is 85.9 Å². The van der Waals surface area contributed by atoms with Crippen molar-refractivity contribution in [1.29, 1.82) is 0 Å². The number of quaternary nitrogens is 1. The van der Waals surface area contributed by atoms with E-state index in [4.69, 9.17) is 22.1 Å². The Kier molecular flexibility index (Phi) is 5.80. The number of ether oxygens (including phenoxy) is 1. The van der Waals surface area contributed by atoms with Crippen LogP contribution in [0.2, 0.25) is 5.02 Å². The van der Waals surface area contributed by atoms with Crippen LogP contribution in [0, 0.1) is 0 Å². The predicted octanol–water partition coefficient (Wildman–Crippen LogP) is 1.48. The van der Waals surface area contributed by atoms with Crippen molar-refractivity contribution in [1.82, 2.24) is 0 Å². The van der Waals surface area contributed by atoms with Gasteiger partial charge in [-0.25, -0.2) is 0 Å². The van der Waals surface area contributed by atoms with Crippen molar-refractivity contribution in [2.45, 2.75) is 19.9 Å². The smallest absolute Gasteiger partial charge is 0.262 e. The lowest BCUT2D eigenvalue weighted by Crippen LogP contribution is -3.11. The number of amides is 2. The van der Waals surface area contributed by atoms with Gasteiger partial charge < -0.3 is 20.7 Å². The fourth-order valence-corrected chi connectivity index (χ4v) is 4.50. The lowest BCUT2D eigenvalue weighted by atomic mass is 10.0. The first-order chi connectivity index (χ1) is 12.5. The number of hydrogen-bond acceptors (Lipinski definition) is 4. The second-order valence-electron chi connectivity index (χ2n) is 6.14. The molecule has 138 valence electrons. The summed E-state index contributed by atoms with van der Waals surface area (Å²) in [4.78, 5) is 26.8. The van der Waals surface area contributed by atoms with Crippen LogP contribution in [0.25, 0.3) is 0 Å². The number of nitrogens with one attached hydrogen (secondary N) is 2. The molecule has 0 saturated heterocycles. The molecule has 1 aromatic heterocycles. The van der Waals surface area contributed by atoms with E-state index in [0.717, 1.165) is 36.5 Å². The zero-order chi connectivity index (χ0) is 18.7. The molecule has 3 rings (SSSR count). The van der Waals surface area contributed by atoms with Crippen LogP contribution in [0.4, 0.5) is 5.00 Å². The molecule has 0 radical (unpaired) electrons. The van der Waals surface area contributed by atoms with Gasteiger partial charge in [0.2, 0.25) is 0 Å². The van der Waals surface area contributed by atoms with Gasteiger partial charge in [-0.1, -0.05) is 11.6 Å². The summed E-state index contributed by atoms with van der Waals surface area (Å²) >= 11 is 7.25. The lowest BCUT2D eigenvalue weighted by molar-refractivity contribution is -0.913. The van der Waals surface area contributed by atoms with Crippen molar-refractivity contribution in [2.75, 3.05) is 25.0 Å². The summed E-state index contributed by atoms with van der Waals surface area (Å²) in [7, 11) is 0. The monoisotopic (exact) mass is 394 g/mol. The van der Waals surface area contributed by atoms with Gasteiger partial charge in [-0.15, -0.1) is 11.3 Å². The van der Waals surface area contributed by atoms with Crippen LogP contribution in [0.5, 0.6) is 5.75 Å². The molecule has 6 nitrogen and oxygen atoms in total. The van der Waals surface area contributed by atoms with Crippen LogP contribution in [0.3, 0.4) is 0 Å². The Hall–Kier alpha value is -2.09. The van der Waals surface area contributed by atoms with Crippen molar-refractivity contribution >= 4 is 39.8 Å². The molecule has 2 aromatic rings. The highest BCUT2D eigenvalue weighted by Crippen LogP contribution is 2.34. The van der Waals surface area contributed by atoms with E-state index < -0.39 is 5.91 Å². The summed E-state index contributed by atoms with van der Waals surface area (Å²) in [6, 6.07) is 6.76.